The Hall–Kier alpha value is -3.42. The van der Waals surface area contributed by atoms with Crippen LogP contribution in [0.5, 0.6) is 0 Å². The summed E-state index contributed by atoms with van der Waals surface area (Å²) in [6, 6.07) is 12.4. The summed E-state index contributed by atoms with van der Waals surface area (Å²) < 4.78 is 13.3. The second kappa shape index (κ2) is 8.98. The maximum atomic E-state index is 13.3. The van der Waals surface area contributed by atoms with Gasteiger partial charge < -0.3 is 15.5 Å². The van der Waals surface area contributed by atoms with Crippen molar-refractivity contribution in [3.8, 4) is 0 Å². The zero-order chi connectivity index (χ0) is 22.7. The Morgan fingerprint density at radius 2 is 1.69 bits per heavy atom. The monoisotopic (exact) mass is 438 g/mol. The Morgan fingerprint density at radius 1 is 1.03 bits per heavy atom. The molecule has 0 radical (unpaired) electrons. The van der Waals surface area contributed by atoms with Gasteiger partial charge in [-0.05, 0) is 67.6 Å². The Kier molecular flexibility index (Phi) is 6.12. The fourth-order valence-corrected chi connectivity index (χ4v) is 4.40. The van der Waals surface area contributed by atoms with Gasteiger partial charge >= 0.3 is 6.03 Å². The Balaban J connectivity index is 1.42. The molecular weight excluding hydrogens is 411 g/mol. The molecule has 0 aliphatic carbocycles. The lowest BCUT2D eigenvalue weighted by Gasteiger charge is -2.28. The molecule has 2 aromatic rings. The van der Waals surface area contributed by atoms with Crippen molar-refractivity contribution < 1.29 is 18.8 Å². The van der Waals surface area contributed by atoms with Crippen LogP contribution >= 0.6 is 0 Å². The Labute approximate surface area is 186 Å². The van der Waals surface area contributed by atoms with Crippen molar-refractivity contribution in [1.82, 2.24) is 10.2 Å². The van der Waals surface area contributed by atoms with Gasteiger partial charge in [-0.15, -0.1) is 0 Å². The summed E-state index contributed by atoms with van der Waals surface area (Å²) in [6.45, 7) is 3.42. The molecule has 2 aliphatic heterocycles. The zero-order valence-corrected chi connectivity index (χ0v) is 18.1. The van der Waals surface area contributed by atoms with E-state index in [1.807, 2.05) is 24.3 Å². The molecule has 2 saturated heterocycles. The summed E-state index contributed by atoms with van der Waals surface area (Å²) in [5.41, 5.74) is 0.893. The number of nitrogens with zero attached hydrogens (tertiary/aromatic N) is 2. The minimum absolute atomic E-state index is 0.277. The third kappa shape index (κ3) is 4.17. The molecule has 0 aromatic heterocycles. The van der Waals surface area contributed by atoms with Crippen molar-refractivity contribution >= 4 is 29.2 Å². The van der Waals surface area contributed by atoms with Crippen LogP contribution in [-0.4, -0.2) is 42.4 Å². The number of halogens is 1. The first kappa shape index (κ1) is 21.8. The highest BCUT2D eigenvalue weighted by molar-refractivity contribution is 6.10. The van der Waals surface area contributed by atoms with Crippen LogP contribution in [0.3, 0.4) is 0 Å². The smallest absolute Gasteiger partial charge is 0.325 e. The fourth-order valence-electron chi connectivity index (χ4n) is 4.40. The van der Waals surface area contributed by atoms with Gasteiger partial charge in [-0.3, -0.25) is 14.5 Å². The summed E-state index contributed by atoms with van der Waals surface area (Å²) in [5, 5.41) is 5.45. The highest BCUT2D eigenvalue weighted by atomic mass is 19.1. The lowest BCUT2D eigenvalue weighted by atomic mass is 9.87. The molecule has 7 nitrogen and oxygen atoms in total. The zero-order valence-electron chi connectivity index (χ0n) is 18.1. The predicted octanol–water partition coefficient (Wildman–Crippen LogP) is 3.61. The van der Waals surface area contributed by atoms with Crippen LogP contribution in [0.15, 0.2) is 48.5 Å². The highest BCUT2D eigenvalue weighted by Crippen LogP contribution is 2.32. The number of imide groups is 1. The van der Waals surface area contributed by atoms with Crippen LogP contribution in [0, 0.1) is 5.82 Å². The van der Waals surface area contributed by atoms with Gasteiger partial charge in [0.1, 0.15) is 17.9 Å². The molecule has 1 atom stereocenters. The molecule has 0 bridgehead atoms. The fraction of sp³-hybridized carbons (Fsp3) is 0.375. The average Bonchev–Trinajstić information content (AvgIpc) is 3.05. The Bertz CT molecular complexity index is 1000. The number of carbonyl (C=O) groups is 3. The topological polar surface area (TPSA) is 81.8 Å². The number of urea groups is 1. The molecule has 2 aliphatic rings. The maximum absolute atomic E-state index is 13.3. The number of hydrogen-bond acceptors (Lipinski definition) is 4. The van der Waals surface area contributed by atoms with Crippen molar-refractivity contribution in [1.29, 1.82) is 0 Å². The van der Waals surface area contributed by atoms with Gasteiger partial charge in [0, 0.05) is 24.5 Å². The lowest BCUT2D eigenvalue weighted by Crippen LogP contribution is -2.44. The molecule has 32 heavy (non-hydrogen) atoms. The number of hydrogen-bond donors (Lipinski definition) is 2. The first-order valence-corrected chi connectivity index (χ1v) is 11.0. The number of carbonyl (C=O) groups excluding carboxylic acids is 3. The molecule has 0 spiro atoms. The van der Waals surface area contributed by atoms with Crippen LogP contribution in [0.25, 0.3) is 0 Å². The number of anilines is 2. The van der Waals surface area contributed by atoms with Crippen LogP contribution < -0.4 is 15.5 Å². The van der Waals surface area contributed by atoms with E-state index in [0.717, 1.165) is 23.7 Å². The molecule has 0 saturated carbocycles. The molecule has 2 heterocycles. The summed E-state index contributed by atoms with van der Waals surface area (Å²) in [5.74, 6) is -1.42. The average molecular weight is 439 g/mol. The quantitative estimate of drug-likeness (QED) is 0.675. The molecule has 8 heteroatoms. The third-order valence-corrected chi connectivity index (χ3v) is 6.22. The number of benzene rings is 2. The van der Waals surface area contributed by atoms with E-state index in [1.165, 1.54) is 43.5 Å². The number of piperidine rings is 1. The van der Waals surface area contributed by atoms with Crippen LogP contribution in [0.1, 0.15) is 38.2 Å². The largest absolute Gasteiger partial charge is 0.372 e. The highest BCUT2D eigenvalue weighted by Gasteiger charge is 2.51. The minimum Gasteiger partial charge on any atom is -0.372 e. The van der Waals surface area contributed by atoms with Crippen molar-refractivity contribution in [3.05, 3.63) is 59.9 Å². The maximum Gasteiger partial charge on any atom is 0.325 e. The number of amides is 4. The lowest BCUT2D eigenvalue weighted by molar-refractivity contribution is -0.134. The SMILES string of the molecule is CC[C@@]1(c2ccc(F)cc2)NC(=O)N(CC(=O)Nc2ccc(N3CCCCC3)cc2)C1=O. The predicted molar refractivity (Wildman–Crippen MR) is 120 cm³/mol. The van der Waals surface area contributed by atoms with E-state index in [4.69, 9.17) is 0 Å². The minimum atomic E-state index is -1.30. The van der Waals surface area contributed by atoms with Gasteiger partial charge in [-0.25, -0.2) is 9.18 Å². The first-order valence-electron chi connectivity index (χ1n) is 11.0. The normalized spacial score (nSPS) is 20.9. The standard InChI is InChI=1S/C24H27FN4O3/c1-2-24(17-6-8-18(25)9-7-17)22(31)29(23(32)27-24)16-21(30)26-19-10-12-20(13-11-19)28-14-4-3-5-15-28/h6-13H,2-5,14-16H2,1H3,(H,26,30)(H,27,32)/t24-/m0/s1. The molecule has 2 aromatic carbocycles. The van der Waals surface area contributed by atoms with E-state index in [2.05, 4.69) is 15.5 Å². The van der Waals surface area contributed by atoms with Gasteiger partial charge in [-0.2, -0.15) is 0 Å². The van der Waals surface area contributed by atoms with Crippen molar-refractivity contribution in [2.75, 3.05) is 29.9 Å². The van der Waals surface area contributed by atoms with E-state index in [0.29, 0.717) is 11.3 Å². The van der Waals surface area contributed by atoms with Gasteiger partial charge in [-0.1, -0.05) is 19.1 Å². The van der Waals surface area contributed by atoms with Crippen molar-refractivity contribution in [3.63, 3.8) is 0 Å². The summed E-state index contributed by atoms with van der Waals surface area (Å²) in [6.07, 6.45) is 3.90. The summed E-state index contributed by atoms with van der Waals surface area (Å²) in [7, 11) is 0. The molecule has 4 amide bonds. The molecule has 2 fully saturated rings. The van der Waals surface area contributed by atoms with Gasteiger partial charge in [0.15, 0.2) is 0 Å². The van der Waals surface area contributed by atoms with E-state index in [1.54, 1.807) is 6.92 Å². The van der Waals surface area contributed by atoms with E-state index < -0.39 is 35.7 Å². The van der Waals surface area contributed by atoms with Gasteiger partial charge in [0.05, 0.1) is 0 Å². The van der Waals surface area contributed by atoms with Gasteiger partial charge in [0.25, 0.3) is 5.91 Å². The summed E-state index contributed by atoms with van der Waals surface area (Å²) >= 11 is 0. The number of rotatable bonds is 6. The van der Waals surface area contributed by atoms with Crippen molar-refractivity contribution in [2.45, 2.75) is 38.1 Å². The van der Waals surface area contributed by atoms with E-state index >= 15 is 0 Å². The molecular formula is C24H27FN4O3. The van der Waals surface area contributed by atoms with E-state index in [9.17, 15) is 18.8 Å². The van der Waals surface area contributed by atoms with Crippen LogP contribution in [-0.2, 0) is 15.1 Å². The second-order valence-electron chi connectivity index (χ2n) is 8.23. The van der Waals surface area contributed by atoms with Crippen molar-refractivity contribution in [2.24, 2.45) is 0 Å². The molecule has 2 N–H and O–H groups in total. The third-order valence-electron chi connectivity index (χ3n) is 6.22. The molecule has 0 unspecified atom stereocenters. The molecule has 4 rings (SSSR count). The summed E-state index contributed by atoms with van der Waals surface area (Å²) in [4.78, 5) is 41.5. The van der Waals surface area contributed by atoms with Crippen LogP contribution in [0.4, 0.5) is 20.6 Å². The Morgan fingerprint density at radius 3 is 2.31 bits per heavy atom. The van der Waals surface area contributed by atoms with Crippen LogP contribution in [0.2, 0.25) is 0 Å². The van der Waals surface area contributed by atoms with E-state index in [-0.39, 0.29) is 6.42 Å². The second-order valence-corrected chi connectivity index (χ2v) is 8.23. The van der Waals surface area contributed by atoms with Gasteiger partial charge in [0.2, 0.25) is 5.91 Å². The first-order chi connectivity index (χ1) is 15.4. The number of nitrogens with one attached hydrogen (secondary N) is 2. The molecule has 168 valence electrons.